The van der Waals surface area contributed by atoms with E-state index in [4.69, 9.17) is 5.73 Å². The number of anilines is 1. The van der Waals surface area contributed by atoms with Crippen molar-refractivity contribution in [3.8, 4) is 0 Å². The Bertz CT molecular complexity index is 617. The summed E-state index contributed by atoms with van der Waals surface area (Å²) >= 11 is 1.54. The molecule has 22 heavy (non-hydrogen) atoms. The monoisotopic (exact) mass is 337 g/mol. The second-order valence-corrected chi connectivity index (χ2v) is 6.67. The van der Waals surface area contributed by atoms with Crippen LogP contribution < -0.4 is 11.1 Å². The minimum atomic E-state index is 0. The van der Waals surface area contributed by atoms with Crippen LogP contribution in [0.3, 0.4) is 0 Å². The molecule has 1 aromatic carbocycles. The molecule has 0 aliphatic heterocycles. The number of rotatable bonds is 4. The number of nitrogens with two attached hydrogens (primary N) is 1. The van der Waals surface area contributed by atoms with Gasteiger partial charge in [-0.15, -0.1) is 23.7 Å². The van der Waals surface area contributed by atoms with Crippen LogP contribution in [0.2, 0.25) is 0 Å². The summed E-state index contributed by atoms with van der Waals surface area (Å²) in [6, 6.07) is 10.4. The SMILES string of the molecule is Cl.NC1CCC(C(=O)Nc2ncc(Cc3ccccc3)s2)C1. The average Bonchev–Trinajstić information content (AvgIpc) is 3.09. The highest BCUT2D eigenvalue weighted by Crippen LogP contribution is 2.27. The van der Waals surface area contributed by atoms with Gasteiger partial charge in [0.2, 0.25) is 5.91 Å². The molecule has 1 aliphatic rings. The van der Waals surface area contributed by atoms with Crippen molar-refractivity contribution in [3.05, 3.63) is 47.0 Å². The molecule has 2 unspecified atom stereocenters. The van der Waals surface area contributed by atoms with Crippen LogP contribution in [0.1, 0.15) is 29.7 Å². The first-order valence-electron chi connectivity index (χ1n) is 7.26. The molecule has 1 heterocycles. The van der Waals surface area contributed by atoms with E-state index in [9.17, 15) is 4.79 Å². The van der Waals surface area contributed by atoms with Crippen molar-refractivity contribution < 1.29 is 4.79 Å². The molecule has 2 atom stereocenters. The fourth-order valence-corrected chi connectivity index (χ4v) is 3.56. The molecular weight excluding hydrogens is 318 g/mol. The van der Waals surface area contributed by atoms with Crippen molar-refractivity contribution in [3.63, 3.8) is 0 Å². The Balaban J connectivity index is 0.00000176. The topological polar surface area (TPSA) is 68.0 Å². The zero-order valence-corrected chi connectivity index (χ0v) is 13.8. The predicted molar refractivity (Wildman–Crippen MR) is 92.6 cm³/mol. The molecule has 118 valence electrons. The van der Waals surface area contributed by atoms with Gasteiger partial charge in [-0.1, -0.05) is 30.3 Å². The molecule has 6 heteroatoms. The quantitative estimate of drug-likeness (QED) is 0.900. The number of benzene rings is 1. The molecule has 0 bridgehead atoms. The van der Waals surface area contributed by atoms with Crippen LogP contribution in [0.4, 0.5) is 5.13 Å². The van der Waals surface area contributed by atoms with Crippen LogP contribution in [-0.2, 0) is 11.2 Å². The molecule has 0 spiro atoms. The molecule has 2 aromatic rings. The van der Waals surface area contributed by atoms with Crippen LogP contribution in [-0.4, -0.2) is 16.9 Å². The molecule has 1 fully saturated rings. The Kier molecular flexibility index (Phi) is 5.94. The number of aromatic nitrogens is 1. The van der Waals surface area contributed by atoms with E-state index in [0.29, 0.717) is 5.13 Å². The number of hydrogen-bond acceptors (Lipinski definition) is 4. The Morgan fingerprint density at radius 1 is 1.32 bits per heavy atom. The minimum absolute atomic E-state index is 0. The number of carbonyl (C=O) groups is 1. The van der Waals surface area contributed by atoms with Crippen molar-refractivity contribution >= 4 is 34.8 Å². The predicted octanol–water partition coefficient (Wildman–Crippen LogP) is 3.22. The van der Waals surface area contributed by atoms with Crippen molar-refractivity contribution in [1.29, 1.82) is 0 Å². The second kappa shape index (κ2) is 7.72. The van der Waals surface area contributed by atoms with E-state index in [-0.39, 0.29) is 30.3 Å². The van der Waals surface area contributed by atoms with Gasteiger partial charge >= 0.3 is 0 Å². The summed E-state index contributed by atoms with van der Waals surface area (Å²) in [6.07, 6.45) is 5.30. The maximum Gasteiger partial charge on any atom is 0.229 e. The largest absolute Gasteiger partial charge is 0.328 e. The standard InChI is InChI=1S/C16H19N3OS.ClH/c17-13-7-6-12(9-13)15(20)19-16-18-10-14(21-16)8-11-4-2-1-3-5-11;/h1-5,10,12-13H,6-9,17H2,(H,18,19,20);1H. The number of hydrogen-bond donors (Lipinski definition) is 2. The number of nitrogens with one attached hydrogen (secondary N) is 1. The molecule has 0 saturated heterocycles. The van der Waals surface area contributed by atoms with Gasteiger partial charge in [0.15, 0.2) is 5.13 Å². The van der Waals surface area contributed by atoms with Gasteiger partial charge in [-0.2, -0.15) is 0 Å². The summed E-state index contributed by atoms with van der Waals surface area (Å²) < 4.78 is 0. The van der Waals surface area contributed by atoms with E-state index in [1.165, 1.54) is 5.56 Å². The van der Waals surface area contributed by atoms with Gasteiger partial charge < -0.3 is 11.1 Å². The summed E-state index contributed by atoms with van der Waals surface area (Å²) in [6.45, 7) is 0. The number of carbonyl (C=O) groups excluding carboxylic acids is 1. The fraction of sp³-hybridized carbons (Fsp3) is 0.375. The first kappa shape index (κ1) is 16.9. The Morgan fingerprint density at radius 3 is 2.77 bits per heavy atom. The van der Waals surface area contributed by atoms with Crippen molar-refractivity contribution in [1.82, 2.24) is 4.98 Å². The third kappa shape index (κ3) is 4.29. The van der Waals surface area contributed by atoms with E-state index >= 15 is 0 Å². The van der Waals surface area contributed by atoms with Crippen molar-refractivity contribution in [2.24, 2.45) is 11.7 Å². The number of thiazole rings is 1. The molecule has 3 rings (SSSR count). The number of nitrogens with zero attached hydrogens (tertiary/aromatic N) is 1. The van der Waals surface area contributed by atoms with E-state index < -0.39 is 0 Å². The highest BCUT2D eigenvalue weighted by atomic mass is 35.5. The molecule has 1 aliphatic carbocycles. The molecule has 1 saturated carbocycles. The maximum absolute atomic E-state index is 12.1. The molecule has 1 amide bonds. The molecule has 3 N–H and O–H groups in total. The molecular formula is C16H20ClN3OS. The van der Waals surface area contributed by atoms with Crippen molar-refractivity contribution in [2.45, 2.75) is 31.7 Å². The van der Waals surface area contributed by atoms with Gasteiger partial charge in [-0.25, -0.2) is 4.98 Å². The van der Waals surface area contributed by atoms with Gasteiger partial charge in [-0.05, 0) is 24.8 Å². The summed E-state index contributed by atoms with van der Waals surface area (Å²) in [4.78, 5) is 17.6. The van der Waals surface area contributed by atoms with Gasteiger partial charge in [-0.3, -0.25) is 4.79 Å². The fourth-order valence-electron chi connectivity index (χ4n) is 2.71. The summed E-state index contributed by atoms with van der Waals surface area (Å²) in [5.74, 6) is 0.102. The van der Waals surface area contributed by atoms with Crippen LogP contribution in [0.5, 0.6) is 0 Å². The zero-order valence-electron chi connectivity index (χ0n) is 12.2. The normalized spacial score (nSPS) is 20.4. The van der Waals surface area contributed by atoms with Crippen LogP contribution in [0.25, 0.3) is 0 Å². The van der Waals surface area contributed by atoms with Crippen LogP contribution in [0, 0.1) is 5.92 Å². The lowest BCUT2D eigenvalue weighted by molar-refractivity contribution is -0.119. The highest BCUT2D eigenvalue weighted by molar-refractivity contribution is 7.15. The Hall–Kier alpha value is -1.43. The zero-order chi connectivity index (χ0) is 14.7. The van der Waals surface area contributed by atoms with Crippen LogP contribution in [0.15, 0.2) is 36.5 Å². The van der Waals surface area contributed by atoms with Crippen molar-refractivity contribution in [2.75, 3.05) is 5.32 Å². The van der Waals surface area contributed by atoms with E-state index in [1.807, 2.05) is 24.4 Å². The number of amides is 1. The van der Waals surface area contributed by atoms with Gasteiger partial charge in [0.25, 0.3) is 0 Å². The third-order valence-corrected chi connectivity index (χ3v) is 4.76. The Morgan fingerprint density at radius 2 is 2.09 bits per heavy atom. The molecule has 0 radical (unpaired) electrons. The first-order chi connectivity index (χ1) is 10.2. The molecule has 1 aromatic heterocycles. The average molecular weight is 338 g/mol. The minimum Gasteiger partial charge on any atom is -0.328 e. The van der Waals surface area contributed by atoms with E-state index in [1.54, 1.807) is 11.3 Å². The molecule has 4 nitrogen and oxygen atoms in total. The van der Waals surface area contributed by atoms with E-state index in [2.05, 4.69) is 22.4 Å². The smallest absolute Gasteiger partial charge is 0.229 e. The summed E-state index contributed by atoms with van der Waals surface area (Å²) in [5, 5.41) is 3.61. The summed E-state index contributed by atoms with van der Waals surface area (Å²) in [7, 11) is 0. The van der Waals surface area contributed by atoms with Crippen LogP contribution >= 0.6 is 23.7 Å². The highest BCUT2D eigenvalue weighted by Gasteiger charge is 2.28. The van der Waals surface area contributed by atoms with Gasteiger partial charge in [0, 0.05) is 29.5 Å². The van der Waals surface area contributed by atoms with Gasteiger partial charge in [0.1, 0.15) is 0 Å². The lowest BCUT2D eigenvalue weighted by atomic mass is 10.1. The third-order valence-electron chi connectivity index (χ3n) is 3.85. The second-order valence-electron chi connectivity index (χ2n) is 5.55. The summed E-state index contributed by atoms with van der Waals surface area (Å²) in [5.41, 5.74) is 7.10. The van der Waals surface area contributed by atoms with E-state index in [0.717, 1.165) is 30.6 Å². The lowest BCUT2D eigenvalue weighted by Gasteiger charge is -2.08. The van der Waals surface area contributed by atoms with Gasteiger partial charge in [0.05, 0.1) is 0 Å². The number of halogens is 1. The maximum atomic E-state index is 12.1. The lowest BCUT2D eigenvalue weighted by Crippen LogP contribution is -2.23. The first-order valence-corrected chi connectivity index (χ1v) is 8.07. The Labute approximate surface area is 140 Å².